The smallest absolute Gasteiger partial charge is 0.0827 e. The Balaban J connectivity index is 2.20. The zero-order valence-electron chi connectivity index (χ0n) is 10.9. The van der Waals surface area contributed by atoms with Crippen molar-refractivity contribution in [1.82, 2.24) is 0 Å². The van der Waals surface area contributed by atoms with E-state index in [4.69, 9.17) is 0 Å². The Kier molecular flexibility index (Phi) is 6.37. The first kappa shape index (κ1) is 14.0. The second-order valence-corrected chi connectivity index (χ2v) is 5.78. The Labute approximate surface area is 100 Å². The summed E-state index contributed by atoms with van der Waals surface area (Å²) in [5.41, 5.74) is 0. The third-order valence-electron chi connectivity index (χ3n) is 3.81. The van der Waals surface area contributed by atoms with Gasteiger partial charge in [0.2, 0.25) is 0 Å². The fourth-order valence-corrected chi connectivity index (χ4v) is 2.70. The van der Waals surface area contributed by atoms with Gasteiger partial charge in [0, 0.05) is 0 Å². The molecule has 0 saturated heterocycles. The minimum Gasteiger partial charge on any atom is -0.390 e. The van der Waals surface area contributed by atoms with Crippen molar-refractivity contribution in [2.24, 2.45) is 11.8 Å². The van der Waals surface area contributed by atoms with E-state index in [-0.39, 0.29) is 0 Å². The SMILES string of the molecule is CC(C)CCCC(O)C(O)C1CCCCC1. The molecule has 2 N–H and O–H groups in total. The van der Waals surface area contributed by atoms with Gasteiger partial charge >= 0.3 is 0 Å². The lowest BCUT2D eigenvalue weighted by molar-refractivity contribution is -0.0317. The molecule has 2 atom stereocenters. The number of hydrogen-bond donors (Lipinski definition) is 2. The summed E-state index contributed by atoms with van der Waals surface area (Å²) in [6, 6.07) is 0. The van der Waals surface area contributed by atoms with Gasteiger partial charge in [0.05, 0.1) is 12.2 Å². The van der Waals surface area contributed by atoms with Crippen LogP contribution in [0.5, 0.6) is 0 Å². The van der Waals surface area contributed by atoms with Gasteiger partial charge in [-0.15, -0.1) is 0 Å². The highest BCUT2D eigenvalue weighted by atomic mass is 16.3. The maximum atomic E-state index is 10.1. The molecule has 0 aromatic heterocycles. The van der Waals surface area contributed by atoms with E-state index in [1.165, 1.54) is 19.3 Å². The molecule has 1 aliphatic rings. The largest absolute Gasteiger partial charge is 0.390 e. The number of rotatable bonds is 6. The van der Waals surface area contributed by atoms with Crippen molar-refractivity contribution in [3.63, 3.8) is 0 Å². The van der Waals surface area contributed by atoms with Crippen molar-refractivity contribution >= 4 is 0 Å². The fraction of sp³-hybridized carbons (Fsp3) is 1.00. The maximum Gasteiger partial charge on any atom is 0.0827 e. The van der Waals surface area contributed by atoms with Crippen LogP contribution in [-0.4, -0.2) is 22.4 Å². The first-order chi connectivity index (χ1) is 7.61. The molecule has 2 heteroatoms. The van der Waals surface area contributed by atoms with Crippen molar-refractivity contribution in [2.75, 3.05) is 0 Å². The average molecular weight is 228 g/mol. The molecule has 0 aromatic carbocycles. The van der Waals surface area contributed by atoms with E-state index < -0.39 is 12.2 Å². The molecule has 0 radical (unpaired) electrons. The number of hydrogen-bond acceptors (Lipinski definition) is 2. The molecule has 2 nitrogen and oxygen atoms in total. The molecular formula is C14H28O2. The van der Waals surface area contributed by atoms with Crippen LogP contribution in [0.3, 0.4) is 0 Å². The number of aliphatic hydroxyl groups is 2. The molecule has 0 aliphatic heterocycles. The van der Waals surface area contributed by atoms with Crippen LogP contribution in [0.25, 0.3) is 0 Å². The molecule has 1 aliphatic carbocycles. The van der Waals surface area contributed by atoms with Crippen molar-refractivity contribution < 1.29 is 10.2 Å². The Hall–Kier alpha value is -0.0800. The van der Waals surface area contributed by atoms with Crippen LogP contribution < -0.4 is 0 Å². The molecule has 16 heavy (non-hydrogen) atoms. The normalized spacial score (nSPS) is 22.3. The predicted molar refractivity (Wildman–Crippen MR) is 67.3 cm³/mol. The summed E-state index contributed by atoms with van der Waals surface area (Å²) in [4.78, 5) is 0. The van der Waals surface area contributed by atoms with Gasteiger partial charge in [0.25, 0.3) is 0 Å². The molecule has 0 amide bonds. The Bertz CT molecular complexity index is 174. The first-order valence-electron chi connectivity index (χ1n) is 6.97. The molecule has 2 unspecified atom stereocenters. The van der Waals surface area contributed by atoms with Gasteiger partial charge in [-0.05, 0) is 31.1 Å². The van der Waals surface area contributed by atoms with Crippen LogP contribution in [-0.2, 0) is 0 Å². The minimum absolute atomic E-state index is 0.350. The fourth-order valence-electron chi connectivity index (χ4n) is 2.70. The standard InChI is InChI=1S/C14H28O2/c1-11(2)7-6-10-13(15)14(16)12-8-4-3-5-9-12/h11-16H,3-10H2,1-2H3. The second-order valence-electron chi connectivity index (χ2n) is 5.78. The van der Waals surface area contributed by atoms with Crippen molar-refractivity contribution in [2.45, 2.75) is 77.4 Å². The second kappa shape index (κ2) is 7.29. The predicted octanol–water partition coefficient (Wildman–Crippen LogP) is 3.11. The maximum absolute atomic E-state index is 10.1. The number of aliphatic hydroxyl groups excluding tert-OH is 2. The molecule has 96 valence electrons. The quantitative estimate of drug-likeness (QED) is 0.733. The zero-order chi connectivity index (χ0) is 12.0. The Morgan fingerprint density at radius 2 is 1.62 bits per heavy atom. The third-order valence-corrected chi connectivity index (χ3v) is 3.81. The molecule has 0 heterocycles. The summed E-state index contributed by atoms with van der Waals surface area (Å²) in [7, 11) is 0. The summed E-state index contributed by atoms with van der Waals surface area (Å²) in [6.07, 6.45) is 7.90. The Morgan fingerprint density at radius 3 is 2.19 bits per heavy atom. The summed E-state index contributed by atoms with van der Waals surface area (Å²) in [5.74, 6) is 1.04. The average Bonchev–Trinajstić information content (AvgIpc) is 2.28. The molecule has 1 saturated carbocycles. The minimum atomic E-state index is -0.498. The van der Waals surface area contributed by atoms with Gasteiger partial charge in [-0.2, -0.15) is 0 Å². The van der Waals surface area contributed by atoms with Gasteiger partial charge in [0.1, 0.15) is 0 Å². The van der Waals surface area contributed by atoms with E-state index >= 15 is 0 Å². The molecule has 1 fully saturated rings. The van der Waals surface area contributed by atoms with Crippen LogP contribution in [0.2, 0.25) is 0 Å². The summed E-state index contributed by atoms with van der Waals surface area (Å²) >= 11 is 0. The monoisotopic (exact) mass is 228 g/mol. The molecule has 0 bridgehead atoms. The van der Waals surface area contributed by atoms with Crippen LogP contribution >= 0.6 is 0 Å². The first-order valence-corrected chi connectivity index (χ1v) is 6.97. The van der Waals surface area contributed by atoms with Crippen molar-refractivity contribution in [3.05, 3.63) is 0 Å². The molecule has 1 rings (SSSR count). The zero-order valence-corrected chi connectivity index (χ0v) is 10.9. The van der Waals surface area contributed by atoms with Crippen molar-refractivity contribution in [3.8, 4) is 0 Å². The third kappa shape index (κ3) is 4.84. The van der Waals surface area contributed by atoms with Gasteiger partial charge in [-0.3, -0.25) is 0 Å². The van der Waals surface area contributed by atoms with Gasteiger partial charge in [0.15, 0.2) is 0 Å². The van der Waals surface area contributed by atoms with E-state index in [1.54, 1.807) is 0 Å². The summed E-state index contributed by atoms with van der Waals surface area (Å²) < 4.78 is 0. The van der Waals surface area contributed by atoms with E-state index in [0.717, 1.165) is 32.1 Å². The van der Waals surface area contributed by atoms with Gasteiger partial charge in [-0.1, -0.05) is 46.0 Å². The van der Waals surface area contributed by atoms with E-state index in [0.29, 0.717) is 11.8 Å². The lowest BCUT2D eigenvalue weighted by Crippen LogP contribution is -2.34. The van der Waals surface area contributed by atoms with Gasteiger partial charge < -0.3 is 10.2 Å². The molecular weight excluding hydrogens is 200 g/mol. The highest BCUT2D eigenvalue weighted by Crippen LogP contribution is 2.28. The Morgan fingerprint density at radius 1 is 1.00 bits per heavy atom. The van der Waals surface area contributed by atoms with E-state index in [9.17, 15) is 10.2 Å². The van der Waals surface area contributed by atoms with Gasteiger partial charge in [-0.25, -0.2) is 0 Å². The summed E-state index contributed by atoms with van der Waals surface area (Å²) in [5, 5.41) is 20.0. The molecule has 0 spiro atoms. The lowest BCUT2D eigenvalue weighted by atomic mass is 9.82. The lowest BCUT2D eigenvalue weighted by Gasteiger charge is -2.29. The van der Waals surface area contributed by atoms with E-state index in [1.807, 2.05) is 0 Å². The highest BCUT2D eigenvalue weighted by Gasteiger charge is 2.27. The summed E-state index contributed by atoms with van der Waals surface area (Å²) in [6.45, 7) is 4.40. The topological polar surface area (TPSA) is 40.5 Å². The van der Waals surface area contributed by atoms with E-state index in [2.05, 4.69) is 13.8 Å². The molecule has 0 aromatic rings. The van der Waals surface area contributed by atoms with Crippen LogP contribution in [0.4, 0.5) is 0 Å². The van der Waals surface area contributed by atoms with Crippen LogP contribution in [0.1, 0.15) is 65.2 Å². The van der Waals surface area contributed by atoms with Crippen molar-refractivity contribution in [1.29, 1.82) is 0 Å². The highest BCUT2D eigenvalue weighted by molar-refractivity contribution is 4.78. The van der Waals surface area contributed by atoms with Crippen LogP contribution in [0.15, 0.2) is 0 Å². The van der Waals surface area contributed by atoms with Crippen LogP contribution in [0, 0.1) is 11.8 Å².